The highest BCUT2D eigenvalue weighted by atomic mass is 16.3. The number of aliphatic hydroxyl groups is 1. The number of hydrogen-bond acceptors (Lipinski definition) is 2. The number of fused-ring (bicyclic) bond motifs is 1. The van der Waals surface area contributed by atoms with Gasteiger partial charge in [0.15, 0.2) is 5.96 Å². The minimum atomic E-state index is -0.632. The molecule has 4 rings (SSSR count). The third kappa shape index (κ3) is 3.99. The van der Waals surface area contributed by atoms with Crippen molar-refractivity contribution in [2.75, 3.05) is 0 Å². The number of aliphatic hydroxyl groups excluding tert-OH is 1. The topological polar surface area (TPSA) is 47.9 Å². The Labute approximate surface area is 173 Å². The molecule has 4 heteroatoms. The zero-order chi connectivity index (χ0) is 20.3. The monoisotopic (exact) mass is 387 g/mol. The summed E-state index contributed by atoms with van der Waals surface area (Å²) in [4.78, 5) is 6.89. The first-order valence-corrected chi connectivity index (χ1v) is 10.3. The quantitative estimate of drug-likeness (QED) is 0.754. The van der Waals surface area contributed by atoms with Gasteiger partial charge < -0.3 is 15.3 Å². The highest BCUT2D eigenvalue weighted by Crippen LogP contribution is 2.40. The molecule has 2 aromatic rings. The van der Waals surface area contributed by atoms with E-state index < -0.39 is 6.23 Å². The lowest BCUT2D eigenvalue weighted by Gasteiger charge is -2.53. The van der Waals surface area contributed by atoms with Gasteiger partial charge in [0.25, 0.3) is 0 Å². The molecule has 1 saturated heterocycles. The Bertz CT molecular complexity index is 906. The number of nitrogens with one attached hydrogen (secondary N) is 1. The van der Waals surface area contributed by atoms with Crippen molar-refractivity contribution in [3.8, 4) is 0 Å². The number of guanidine groups is 1. The summed E-state index contributed by atoms with van der Waals surface area (Å²) in [5, 5.41) is 15.1. The van der Waals surface area contributed by atoms with Crippen molar-refractivity contribution in [3.05, 3.63) is 96.1 Å². The van der Waals surface area contributed by atoms with Gasteiger partial charge in [0, 0.05) is 12.5 Å². The summed E-state index contributed by atoms with van der Waals surface area (Å²) in [7, 11) is 0. The smallest absolute Gasteiger partial charge is 0.197 e. The molecule has 0 unspecified atom stereocenters. The van der Waals surface area contributed by atoms with E-state index >= 15 is 0 Å². The van der Waals surface area contributed by atoms with Gasteiger partial charge in [-0.2, -0.15) is 0 Å². The fourth-order valence-electron chi connectivity index (χ4n) is 4.36. The van der Waals surface area contributed by atoms with Crippen LogP contribution in [0.4, 0.5) is 0 Å². The van der Waals surface area contributed by atoms with E-state index in [0.29, 0.717) is 13.1 Å². The molecule has 1 heterocycles. The van der Waals surface area contributed by atoms with E-state index in [1.807, 2.05) is 47.4 Å². The molecular weight excluding hydrogens is 358 g/mol. The van der Waals surface area contributed by atoms with E-state index in [1.54, 1.807) is 0 Å². The van der Waals surface area contributed by atoms with Crippen molar-refractivity contribution < 1.29 is 5.11 Å². The van der Waals surface area contributed by atoms with Gasteiger partial charge in [0.2, 0.25) is 0 Å². The molecule has 2 aliphatic rings. The Kier molecular flexibility index (Phi) is 5.54. The second kappa shape index (κ2) is 8.26. The predicted molar refractivity (Wildman–Crippen MR) is 118 cm³/mol. The Hall–Kier alpha value is -2.85. The summed E-state index contributed by atoms with van der Waals surface area (Å²) in [5.74, 6) is 0.763. The van der Waals surface area contributed by atoms with Crippen LogP contribution in [0.5, 0.6) is 0 Å². The van der Waals surface area contributed by atoms with E-state index in [4.69, 9.17) is 4.99 Å². The molecular formula is C25H29N3O. The van der Waals surface area contributed by atoms with Gasteiger partial charge in [-0.25, -0.2) is 4.99 Å². The lowest BCUT2D eigenvalue weighted by molar-refractivity contribution is -0.0511. The van der Waals surface area contributed by atoms with Crippen LogP contribution in [-0.4, -0.2) is 27.7 Å². The van der Waals surface area contributed by atoms with Crippen LogP contribution in [0.25, 0.3) is 0 Å². The van der Waals surface area contributed by atoms with Gasteiger partial charge >= 0.3 is 0 Å². The van der Waals surface area contributed by atoms with E-state index in [0.717, 1.165) is 29.9 Å². The van der Waals surface area contributed by atoms with E-state index in [-0.39, 0.29) is 11.5 Å². The second-order valence-electron chi connectivity index (χ2n) is 8.09. The minimum absolute atomic E-state index is 0.0318. The third-order valence-electron chi connectivity index (χ3n) is 6.10. The molecule has 150 valence electrons. The van der Waals surface area contributed by atoms with Crippen LogP contribution in [0.15, 0.2) is 90.0 Å². The van der Waals surface area contributed by atoms with Crippen molar-refractivity contribution in [1.82, 2.24) is 10.2 Å². The molecule has 1 fully saturated rings. The largest absolute Gasteiger partial charge is 0.373 e. The van der Waals surface area contributed by atoms with Gasteiger partial charge in [-0.15, -0.1) is 6.58 Å². The molecule has 0 amide bonds. The molecule has 0 radical (unpaired) electrons. The first kappa shape index (κ1) is 19.5. The molecule has 3 atom stereocenters. The Balaban J connectivity index is 1.69. The summed E-state index contributed by atoms with van der Waals surface area (Å²) in [5.41, 5.74) is 3.24. The second-order valence-corrected chi connectivity index (χ2v) is 8.09. The fourth-order valence-corrected chi connectivity index (χ4v) is 4.36. The Morgan fingerprint density at radius 2 is 1.79 bits per heavy atom. The number of aliphatic imine (C=N–C) groups is 1. The summed E-state index contributed by atoms with van der Waals surface area (Å²) in [6.45, 7) is 7.41. The van der Waals surface area contributed by atoms with Crippen LogP contribution >= 0.6 is 0 Å². The summed E-state index contributed by atoms with van der Waals surface area (Å²) < 4.78 is 0. The van der Waals surface area contributed by atoms with Crippen molar-refractivity contribution in [2.45, 2.75) is 44.6 Å². The zero-order valence-corrected chi connectivity index (χ0v) is 17.0. The molecule has 4 nitrogen and oxygen atoms in total. The first-order valence-electron chi connectivity index (χ1n) is 10.3. The van der Waals surface area contributed by atoms with Crippen molar-refractivity contribution in [3.63, 3.8) is 0 Å². The van der Waals surface area contributed by atoms with Crippen LogP contribution in [-0.2, 0) is 13.1 Å². The number of hydrogen-bond donors (Lipinski definition) is 2. The van der Waals surface area contributed by atoms with E-state index in [1.165, 1.54) is 5.57 Å². The van der Waals surface area contributed by atoms with E-state index in [2.05, 4.69) is 49.2 Å². The Morgan fingerprint density at radius 3 is 2.45 bits per heavy atom. The standard InChI is InChI=1S/C25H29N3O/c1-3-25-15-14-19(2)16-22(25)23(29)28(18-21-12-8-5-9-13-21)24(27-25)26-17-20-10-6-4-7-11-20/h3-14,22-23,29H,1,15-18H2,2H3,(H,26,27)/t22-,23-,25+/m1/s1. The van der Waals surface area contributed by atoms with Gasteiger partial charge in [-0.05, 0) is 30.9 Å². The number of rotatable bonds is 5. The summed E-state index contributed by atoms with van der Waals surface area (Å²) >= 11 is 0. The fraction of sp³-hybridized carbons (Fsp3) is 0.320. The number of benzene rings is 2. The SMILES string of the molecule is C=C[C@]12CC=C(C)C[C@@H]1[C@@H](O)N(Cc1ccccc1)C(=NCc1ccccc1)N2. The lowest BCUT2D eigenvalue weighted by Crippen LogP contribution is -2.69. The van der Waals surface area contributed by atoms with E-state index in [9.17, 15) is 5.11 Å². The van der Waals surface area contributed by atoms with Crippen LogP contribution in [0.2, 0.25) is 0 Å². The van der Waals surface area contributed by atoms with Crippen LogP contribution in [0.1, 0.15) is 30.9 Å². The Morgan fingerprint density at radius 1 is 1.14 bits per heavy atom. The molecule has 1 aliphatic heterocycles. The average Bonchev–Trinajstić information content (AvgIpc) is 2.77. The normalized spacial score (nSPS) is 27.7. The van der Waals surface area contributed by atoms with Crippen molar-refractivity contribution in [1.29, 1.82) is 0 Å². The van der Waals surface area contributed by atoms with Crippen molar-refractivity contribution >= 4 is 5.96 Å². The number of nitrogens with zero attached hydrogens (tertiary/aromatic N) is 2. The van der Waals surface area contributed by atoms with Crippen LogP contribution in [0.3, 0.4) is 0 Å². The number of allylic oxidation sites excluding steroid dienone is 1. The van der Waals surface area contributed by atoms with Gasteiger partial charge in [-0.3, -0.25) is 0 Å². The maximum Gasteiger partial charge on any atom is 0.197 e. The summed E-state index contributed by atoms with van der Waals surface area (Å²) in [6.07, 6.45) is 5.24. The van der Waals surface area contributed by atoms with Crippen molar-refractivity contribution in [2.24, 2.45) is 10.9 Å². The molecule has 2 aromatic carbocycles. The molecule has 0 spiro atoms. The van der Waals surface area contributed by atoms with Gasteiger partial charge in [0.05, 0.1) is 12.1 Å². The van der Waals surface area contributed by atoms with Crippen LogP contribution in [0, 0.1) is 5.92 Å². The predicted octanol–water partition coefficient (Wildman–Crippen LogP) is 4.25. The highest BCUT2D eigenvalue weighted by molar-refractivity contribution is 5.82. The molecule has 2 N–H and O–H groups in total. The molecule has 0 aromatic heterocycles. The van der Waals surface area contributed by atoms with Gasteiger partial charge in [0.1, 0.15) is 6.23 Å². The van der Waals surface area contributed by atoms with Crippen LogP contribution < -0.4 is 5.32 Å². The zero-order valence-electron chi connectivity index (χ0n) is 17.0. The highest BCUT2D eigenvalue weighted by Gasteiger charge is 2.49. The molecule has 0 saturated carbocycles. The molecule has 29 heavy (non-hydrogen) atoms. The molecule has 0 bridgehead atoms. The maximum absolute atomic E-state index is 11.4. The summed E-state index contributed by atoms with van der Waals surface area (Å²) in [6, 6.07) is 20.4. The maximum atomic E-state index is 11.4. The first-order chi connectivity index (χ1) is 14.1. The lowest BCUT2D eigenvalue weighted by atomic mass is 9.71. The average molecular weight is 388 g/mol. The molecule has 1 aliphatic carbocycles. The van der Waals surface area contributed by atoms with Gasteiger partial charge in [-0.1, -0.05) is 78.4 Å². The minimum Gasteiger partial charge on any atom is -0.373 e. The third-order valence-corrected chi connectivity index (χ3v) is 6.10.